The Kier molecular flexibility index (Phi) is 12.5. The van der Waals surface area contributed by atoms with Crippen LogP contribution in [0.25, 0.3) is 5.69 Å². The van der Waals surface area contributed by atoms with Gasteiger partial charge in [-0.25, -0.2) is 4.79 Å². The number of hydrogen-bond acceptors (Lipinski definition) is 10. The van der Waals surface area contributed by atoms with Crippen LogP contribution in [0.1, 0.15) is 35.3 Å². The van der Waals surface area contributed by atoms with Gasteiger partial charge in [0.25, 0.3) is 0 Å². The van der Waals surface area contributed by atoms with Crippen molar-refractivity contribution in [2.24, 2.45) is 0 Å². The zero-order valence-corrected chi connectivity index (χ0v) is 30.2. The first-order valence-corrected chi connectivity index (χ1v) is 17.1. The quantitative estimate of drug-likeness (QED) is 0.138. The molecule has 3 aromatic carbocycles. The fourth-order valence-corrected chi connectivity index (χ4v) is 5.92. The van der Waals surface area contributed by atoms with Crippen LogP contribution in [0.4, 0.5) is 11.4 Å². The molecule has 0 spiro atoms. The van der Waals surface area contributed by atoms with Gasteiger partial charge in [0, 0.05) is 55.8 Å². The van der Waals surface area contributed by atoms with Crippen molar-refractivity contribution in [3.05, 3.63) is 94.8 Å². The van der Waals surface area contributed by atoms with Gasteiger partial charge in [0.2, 0.25) is 11.8 Å². The van der Waals surface area contributed by atoms with Crippen LogP contribution in [0.3, 0.4) is 0 Å². The number of carbonyl (C=O) groups excluding carboxylic acids is 4. The molecule has 0 unspecified atom stereocenters. The minimum atomic E-state index is -1.19. The molecule has 0 aliphatic carbocycles. The number of ether oxygens (including phenoxy) is 1. The summed E-state index contributed by atoms with van der Waals surface area (Å²) in [7, 11) is 1.62. The Morgan fingerprint density at radius 3 is 2.38 bits per heavy atom. The van der Waals surface area contributed by atoms with Crippen molar-refractivity contribution >= 4 is 52.6 Å². The first kappa shape index (κ1) is 38.5. The first-order chi connectivity index (χ1) is 25.3. The summed E-state index contributed by atoms with van der Waals surface area (Å²) in [5, 5.41) is 28.6. The van der Waals surface area contributed by atoms with Crippen molar-refractivity contribution in [1.29, 1.82) is 0 Å². The Hall–Kier alpha value is -5.71. The van der Waals surface area contributed by atoms with E-state index in [1.165, 1.54) is 29.2 Å². The number of nitrogens with zero attached hydrogens (tertiary/aromatic N) is 6. The molecule has 1 fully saturated rings. The second kappa shape index (κ2) is 17.2. The van der Waals surface area contributed by atoms with Gasteiger partial charge in [-0.2, -0.15) is 4.68 Å². The number of nitrogens with one attached hydrogen (secondary N) is 3. The van der Waals surface area contributed by atoms with Crippen LogP contribution in [0, 0.1) is 0 Å². The number of tetrazole rings is 1. The summed E-state index contributed by atoms with van der Waals surface area (Å²) in [6.45, 7) is 6.57. The maximum atomic E-state index is 13.8. The molecule has 4 aromatic rings. The fourth-order valence-electron chi connectivity index (χ4n) is 5.74. The number of rotatable bonds is 14. The molecule has 278 valence electrons. The Labute approximate surface area is 310 Å². The largest absolute Gasteiger partial charge is 0.478 e. The predicted octanol–water partition coefficient (Wildman–Crippen LogP) is 2.07. The van der Waals surface area contributed by atoms with Gasteiger partial charge in [-0.1, -0.05) is 49.7 Å². The smallest absolute Gasteiger partial charge is 0.335 e. The van der Waals surface area contributed by atoms with E-state index < -0.39 is 35.1 Å². The minimum absolute atomic E-state index is 0.0185. The third-order valence-corrected chi connectivity index (χ3v) is 9.08. The van der Waals surface area contributed by atoms with Gasteiger partial charge in [-0.3, -0.25) is 24.1 Å². The number of carboxylic acids is 1. The molecule has 1 aliphatic rings. The van der Waals surface area contributed by atoms with E-state index in [4.69, 9.17) is 16.3 Å². The summed E-state index contributed by atoms with van der Waals surface area (Å²) < 4.78 is 6.42. The van der Waals surface area contributed by atoms with E-state index in [1.54, 1.807) is 60.5 Å². The van der Waals surface area contributed by atoms with E-state index >= 15 is 0 Å². The Balaban J connectivity index is 1.31. The molecule has 0 saturated carbocycles. The van der Waals surface area contributed by atoms with E-state index in [9.17, 15) is 29.1 Å². The molecule has 17 heteroatoms. The molecule has 1 aromatic heterocycles. The van der Waals surface area contributed by atoms with E-state index in [0.717, 1.165) is 5.56 Å². The van der Waals surface area contributed by atoms with Crippen LogP contribution < -0.4 is 20.9 Å². The van der Waals surface area contributed by atoms with Crippen molar-refractivity contribution in [1.82, 2.24) is 35.7 Å². The number of aromatic nitrogens is 4. The molecule has 16 nitrogen and oxygen atoms in total. The van der Waals surface area contributed by atoms with Gasteiger partial charge in [0.15, 0.2) is 0 Å². The van der Waals surface area contributed by atoms with Crippen molar-refractivity contribution < 1.29 is 33.8 Å². The molecule has 0 radical (unpaired) electrons. The SMILES string of the molecule is COCCN1CCN(c2ccc(C[C@H](NC(=O)C(=O)Nc3cc(Cl)ccc3-n3cnnn3)C(=O)NCC(C)(C)c3ccc(C(=O)O)cc3)cc2)C(=O)C1. The number of piperazine rings is 1. The Morgan fingerprint density at radius 1 is 1.00 bits per heavy atom. The number of aromatic carboxylic acids is 1. The highest BCUT2D eigenvalue weighted by atomic mass is 35.5. The lowest BCUT2D eigenvalue weighted by Gasteiger charge is -2.34. The zero-order chi connectivity index (χ0) is 38.1. The number of carbonyl (C=O) groups is 5. The van der Waals surface area contributed by atoms with E-state index in [0.29, 0.717) is 43.2 Å². The van der Waals surface area contributed by atoms with Gasteiger partial charge >= 0.3 is 17.8 Å². The van der Waals surface area contributed by atoms with Crippen LogP contribution in [0.15, 0.2) is 73.1 Å². The molecule has 1 aliphatic heterocycles. The maximum Gasteiger partial charge on any atom is 0.335 e. The monoisotopic (exact) mass is 745 g/mol. The maximum absolute atomic E-state index is 13.8. The highest BCUT2D eigenvalue weighted by Gasteiger charge is 2.29. The number of hydrogen-bond donors (Lipinski definition) is 4. The fraction of sp³-hybridized carbons (Fsp3) is 0.333. The number of carboxylic acid groups (broad SMARTS) is 1. The second-order valence-corrected chi connectivity index (χ2v) is 13.5. The molecule has 1 saturated heterocycles. The number of halogens is 1. The molecule has 0 bridgehead atoms. The molecular formula is C36H40ClN9O7. The summed E-state index contributed by atoms with van der Waals surface area (Å²) >= 11 is 6.17. The van der Waals surface area contributed by atoms with Gasteiger partial charge in [0.05, 0.1) is 30.1 Å². The van der Waals surface area contributed by atoms with Crippen LogP contribution in [0.2, 0.25) is 5.02 Å². The standard InChI is InChI=1S/C36H40ClN9O7/c1-36(2,25-8-6-24(7-9-25)35(51)52)21-38-32(48)29(18-23-4-11-27(12-5-23)45-15-14-44(16-17-53-3)20-31(45)47)41-34(50)33(49)40-28-19-26(37)10-13-30(28)46-22-39-42-43-46/h4-13,19,22,29H,14-18,20-21H2,1-3H3,(H,38,48)(H,40,49)(H,41,50)(H,51,52)/t29-/m0/s1. The number of benzene rings is 3. The third-order valence-electron chi connectivity index (χ3n) is 8.85. The number of anilines is 2. The molecule has 53 heavy (non-hydrogen) atoms. The summed E-state index contributed by atoms with van der Waals surface area (Å²) in [5.74, 6) is -3.78. The van der Waals surface area contributed by atoms with Gasteiger partial charge in [-0.05, 0) is 64.0 Å². The normalized spacial score (nSPS) is 14.0. The van der Waals surface area contributed by atoms with E-state index in [2.05, 4.69) is 31.5 Å². The molecule has 4 N–H and O–H groups in total. The van der Waals surface area contributed by atoms with Gasteiger partial charge in [0.1, 0.15) is 12.4 Å². The summed E-state index contributed by atoms with van der Waals surface area (Å²) in [5.41, 5.74) is 2.17. The third kappa shape index (κ3) is 10.0. The topological polar surface area (TPSA) is 201 Å². The minimum Gasteiger partial charge on any atom is -0.478 e. The average Bonchev–Trinajstić information content (AvgIpc) is 3.68. The first-order valence-electron chi connectivity index (χ1n) is 16.7. The van der Waals surface area contributed by atoms with Crippen LogP contribution >= 0.6 is 11.6 Å². The predicted molar refractivity (Wildman–Crippen MR) is 195 cm³/mol. The lowest BCUT2D eigenvalue weighted by Crippen LogP contribution is -2.52. The summed E-state index contributed by atoms with van der Waals surface area (Å²) in [4.78, 5) is 68.3. The molecule has 1 atom stereocenters. The molecule has 5 rings (SSSR count). The van der Waals surface area contributed by atoms with Gasteiger partial charge in [-0.15, -0.1) is 5.10 Å². The lowest BCUT2D eigenvalue weighted by atomic mass is 9.84. The Morgan fingerprint density at radius 2 is 1.74 bits per heavy atom. The molecular weight excluding hydrogens is 706 g/mol. The Bertz CT molecular complexity index is 1940. The highest BCUT2D eigenvalue weighted by Crippen LogP contribution is 2.25. The van der Waals surface area contributed by atoms with Crippen molar-refractivity contribution in [2.75, 3.05) is 56.7 Å². The van der Waals surface area contributed by atoms with Crippen molar-refractivity contribution in [2.45, 2.75) is 31.7 Å². The van der Waals surface area contributed by atoms with E-state index in [-0.39, 0.29) is 41.7 Å². The number of amides is 4. The van der Waals surface area contributed by atoms with Crippen LogP contribution in [-0.4, -0.2) is 112 Å². The van der Waals surface area contributed by atoms with E-state index in [1.807, 2.05) is 18.7 Å². The van der Waals surface area contributed by atoms with Crippen LogP contribution in [0.5, 0.6) is 0 Å². The van der Waals surface area contributed by atoms with Crippen molar-refractivity contribution in [3.63, 3.8) is 0 Å². The summed E-state index contributed by atoms with van der Waals surface area (Å²) in [6, 6.07) is 16.8. The molecule has 2 heterocycles. The van der Waals surface area contributed by atoms with Crippen LogP contribution in [-0.2, 0) is 35.8 Å². The zero-order valence-electron chi connectivity index (χ0n) is 29.4. The highest BCUT2D eigenvalue weighted by molar-refractivity contribution is 6.40. The molecule has 4 amide bonds. The van der Waals surface area contributed by atoms with Gasteiger partial charge < -0.3 is 30.7 Å². The van der Waals surface area contributed by atoms with Crippen molar-refractivity contribution in [3.8, 4) is 5.69 Å². The lowest BCUT2D eigenvalue weighted by molar-refractivity contribution is -0.138. The summed E-state index contributed by atoms with van der Waals surface area (Å²) in [6.07, 6.45) is 1.33. The number of methoxy groups -OCH3 is 1. The second-order valence-electron chi connectivity index (χ2n) is 13.1. The average molecular weight is 746 g/mol.